The molecule has 0 aliphatic carbocycles. The highest BCUT2D eigenvalue weighted by Crippen LogP contribution is 2.37. The zero-order valence-electron chi connectivity index (χ0n) is 12.7. The van der Waals surface area contributed by atoms with Gasteiger partial charge in [0, 0.05) is 24.9 Å². The van der Waals surface area contributed by atoms with Crippen LogP contribution < -0.4 is 4.74 Å². The Bertz CT molecular complexity index is 497. The van der Waals surface area contributed by atoms with Crippen LogP contribution >= 0.6 is 0 Å². The van der Waals surface area contributed by atoms with Crippen molar-refractivity contribution in [2.75, 3.05) is 0 Å². The number of fused-ring (bicyclic) bond motifs is 2. The first kappa shape index (κ1) is 14.2. The van der Waals surface area contributed by atoms with E-state index in [4.69, 9.17) is 4.74 Å². The molecule has 2 saturated heterocycles. The smallest absolute Gasteiger partial charge is 0.407 e. The summed E-state index contributed by atoms with van der Waals surface area (Å²) in [4.78, 5) is 12.9. The molecule has 0 spiro atoms. The van der Waals surface area contributed by atoms with Crippen LogP contribution in [0.3, 0.4) is 0 Å². The standard InChI is InChI=1S/C17H23NO3/c1-11(2)12-3-7-15(8-4-12)21-16-9-13-5-6-14(10-16)18(13)17(19)20/h3-4,7-8,11,13-14,16H,5-6,9-10H2,1-2H3,(H,19,20)/t13-,14+,16?. The first-order valence-corrected chi connectivity index (χ1v) is 7.82. The minimum Gasteiger partial charge on any atom is -0.490 e. The summed E-state index contributed by atoms with van der Waals surface area (Å²) in [6.07, 6.45) is 2.95. The molecule has 2 bridgehead atoms. The van der Waals surface area contributed by atoms with Crippen molar-refractivity contribution >= 4 is 6.09 Å². The van der Waals surface area contributed by atoms with Gasteiger partial charge in [-0.1, -0.05) is 26.0 Å². The molecule has 3 rings (SSSR count). The van der Waals surface area contributed by atoms with Gasteiger partial charge in [0.2, 0.25) is 0 Å². The molecule has 2 aliphatic rings. The predicted molar refractivity (Wildman–Crippen MR) is 80.9 cm³/mol. The summed E-state index contributed by atoms with van der Waals surface area (Å²) in [6, 6.07) is 8.56. The topological polar surface area (TPSA) is 49.8 Å². The highest BCUT2D eigenvalue weighted by Gasteiger charge is 2.44. The second-order valence-corrected chi connectivity index (χ2v) is 6.51. The first-order chi connectivity index (χ1) is 10.0. The number of benzene rings is 1. The van der Waals surface area contributed by atoms with E-state index in [9.17, 15) is 9.90 Å². The van der Waals surface area contributed by atoms with Crippen molar-refractivity contribution in [3.05, 3.63) is 29.8 Å². The molecule has 1 unspecified atom stereocenters. The maximum absolute atomic E-state index is 11.3. The normalized spacial score (nSPS) is 28.0. The Morgan fingerprint density at radius 2 is 1.76 bits per heavy atom. The van der Waals surface area contributed by atoms with Crippen LogP contribution in [0.15, 0.2) is 24.3 Å². The molecule has 0 radical (unpaired) electrons. The fourth-order valence-electron chi connectivity index (χ4n) is 3.66. The van der Waals surface area contributed by atoms with Gasteiger partial charge in [0.15, 0.2) is 0 Å². The lowest BCUT2D eigenvalue weighted by atomic mass is 10.00. The van der Waals surface area contributed by atoms with Gasteiger partial charge >= 0.3 is 6.09 Å². The highest BCUT2D eigenvalue weighted by molar-refractivity contribution is 5.66. The van der Waals surface area contributed by atoms with E-state index in [0.29, 0.717) is 5.92 Å². The van der Waals surface area contributed by atoms with Crippen molar-refractivity contribution < 1.29 is 14.6 Å². The minimum absolute atomic E-state index is 0.140. The number of carboxylic acid groups (broad SMARTS) is 1. The average molecular weight is 289 g/mol. The number of amides is 1. The van der Waals surface area contributed by atoms with Crippen LogP contribution in [0.25, 0.3) is 0 Å². The summed E-state index contributed by atoms with van der Waals surface area (Å²) < 4.78 is 6.08. The summed E-state index contributed by atoms with van der Waals surface area (Å²) in [5.74, 6) is 1.42. The van der Waals surface area contributed by atoms with Crippen molar-refractivity contribution in [2.24, 2.45) is 0 Å². The summed E-state index contributed by atoms with van der Waals surface area (Å²) in [7, 11) is 0. The van der Waals surface area contributed by atoms with E-state index >= 15 is 0 Å². The van der Waals surface area contributed by atoms with Crippen LogP contribution in [0, 0.1) is 0 Å². The SMILES string of the molecule is CC(C)c1ccc(OC2C[C@H]3CC[C@@H](C2)N3C(=O)O)cc1. The number of piperidine rings is 1. The maximum atomic E-state index is 11.3. The molecule has 1 amide bonds. The Kier molecular flexibility index (Phi) is 3.79. The van der Waals surface area contributed by atoms with E-state index < -0.39 is 6.09 Å². The van der Waals surface area contributed by atoms with Crippen molar-refractivity contribution in [3.63, 3.8) is 0 Å². The van der Waals surface area contributed by atoms with Gasteiger partial charge in [-0.25, -0.2) is 4.79 Å². The van der Waals surface area contributed by atoms with Gasteiger partial charge in [-0.3, -0.25) is 0 Å². The van der Waals surface area contributed by atoms with Crippen LogP contribution in [-0.2, 0) is 0 Å². The van der Waals surface area contributed by atoms with Gasteiger partial charge in [-0.05, 0) is 36.5 Å². The van der Waals surface area contributed by atoms with Crippen molar-refractivity contribution in [1.82, 2.24) is 4.90 Å². The van der Waals surface area contributed by atoms with Gasteiger partial charge in [-0.2, -0.15) is 0 Å². The molecule has 1 N–H and O–H groups in total. The maximum Gasteiger partial charge on any atom is 0.407 e. The quantitative estimate of drug-likeness (QED) is 0.919. The Morgan fingerprint density at radius 3 is 2.24 bits per heavy atom. The number of ether oxygens (including phenoxy) is 1. The van der Waals surface area contributed by atoms with Crippen molar-refractivity contribution in [2.45, 2.75) is 63.6 Å². The van der Waals surface area contributed by atoms with Gasteiger partial charge in [0.05, 0.1) is 0 Å². The zero-order chi connectivity index (χ0) is 15.0. The molecule has 4 heteroatoms. The van der Waals surface area contributed by atoms with Gasteiger partial charge < -0.3 is 14.7 Å². The number of hydrogen-bond acceptors (Lipinski definition) is 2. The highest BCUT2D eigenvalue weighted by atomic mass is 16.5. The molecule has 21 heavy (non-hydrogen) atoms. The van der Waals surface area contributed by atoms with Crippen molar-refractivity contribution in [1.29, 1.82) is 0 Å². The summed E-state index contributed by atoms with van der Waals surface area (Å²) in [5, 5.41) is 9.26. The lowest BCUT2D eigenvalue weighted by Crippen LogP contribution is -2.48. The summed E-state index contributed by atoms with van der Waals surface area (Å²) in [5.41, 5.74) is 1.31. The van der Waals surface area contributed by atoms with Crippen LogP contribution in [0.4, 0.5) is 4.79 Å². The number of carbonyl (C=O) groups is 1. The van der Waals surface area contributed by atoms with E-state index in [2.05, 4.69) is 26.0 Å². The molecular formula is C17H23NO3. The van der Waals surface area contributed by atoms with E-state index in [1.807, 2.05) is 12.1 Å². The molecule has 0 aromatic heterocycles. The molecule has 1 aromatic carbocycles. The summed E-state index contributed by atoms with van der Waals surface area (Å²) in [6.45, 7) is 4.35. The van der Waals surface area contributed by atoms with Crippen LogP contribution in [0.1, 0.15) is 51.0 Å². The van der Waals surface area contributed by atoms with Gasteiger partial charge in [-0.15, -0.1) is 0 Å². The Labute approximate surface area is 125 Å². The van der Waals surface area contributed by atoms with E-state index in [0.717, 1.165) is 31.4 Å². The Balaban J connectivity index is 1.64. The molecule has 114 valence electrons. The number of rotatable bonds is 3. The van der Waals surface area contributed by atoms with E-state index in [1.165, 1.54) is 5.56 Å². The molecule has 2 fully saturated rings. The lowest BCUT2D eigenvalue weighted by molar-refractivity contribution is 0.0496. The minimum atomic E-state index is -0.776. The molecule has 3 atom stereocenters. The van der Waals surface area contributed by atoms with E-state index in [-0.39, 0.29) is 18.2 Å². The van der Waals surface area contributed by atoms with Crippen LogP contribution in [0.5, 0.6) is 5.75 Å². The molecule has 1 aromatic rings. The fourth-order valence-corrected chi connectivity index (χ4v) is 3.66. The zero-order valence-corrected chi connectivity index (χ0v) is 12.7. The van der Waals surface area contributed by atoms with Crippen LogP contribution in [-0.4, -0.2) is 34.3 Å². The number of nitrogens with zero attached hydrogens (tertiary/aromatic N) is 1. The molecule has 0 saturated carbocycles. The fraction of sp³-hybridized carbons (Fsp3) is 0.588. The average Bonchev–Trinajstić information content (AvgIpc) is 2.72. The molecule has 2 aliphatic heterocycles. The monoisotopic (exact) mass is 289 g/mol. The van der Waals surface area contributed by atoms with Gasteiger partial charge in [0.25, 0.3) is 0 Å². The second-order valence-electron chi connectivity index (χ2n) is 6.51. The summed E-state index contributed by atoms with van der Waals surface area (Å²) >= 11 is 0. The molecule has 4 nitrogen and oxygen atoms in total. The third-order valence-corrected chi connectivity index (χ3v) is 4.76. The predicted octanol–water partition coefficient (Wildman–Crippen LogP) is 3.86. The third-order valence-electron chi connectivity index (χ3n) is 4.76. The number of hydrogen-bond donors (Lipinski definition) is 1. The van der Waals surface area contributed by atoms with Gasteiger partial charge in [0.1, 0.15) is 11.9 Å². The first-order valence-electron chi connectivity index (χ1n) is 7.82. The Morgan fingerprint density at radius 1 is 1.19 bits per heavy atom. The molecule has 2 heterocycles. The molecular weight excluding hydrogens is 266 g/mol. The third kappa shape index (κ3) is 2.85. The lowest BCUT2D eigenvalue weighted by Gasteiger charge is -2.37. The van der Waals surface area contributed by atoms with Crippen molar-refractivity contribution in [3.8, 4) is 5.75 Å². The van der Waals surface area contributed by atoms with E-state index in [1.54, 1.807) is 4.90 Å². The Hall–Kier alpha value is -1.71. The second kappa shape index (κ2) is 5.58. The largest absolute Gasteiger partial charge is 0.490 e. The van der Waals surface area contributed by atoms with Crippen LogP contribution in [0.2, 0.25) is 0 Å².